The molecular weight excluding hydrogens is 224 g/mol. The lowest BCUT2D eigenvalue weighted by atomic mass is 9.93. The fourth-order valence-corrected chi connectivity index (χ4v) is 2.37. The third kappa shape index (κ3) is 1.99. The van der Waals surface area contributed by atoms with Crippen LogP contribution in [0, 0.1) is 6.92 Å². The van der Waals surface area contributed by atoms with Crippen LogP contribution < -0.4 is 5.73 Å². The van der Waals surface area contributed by atoms with Gasteiger partial charge in [0.2, 0.25) is 0 Å². The van der Waals surface area contributed by atoms with Gasteiger partial charge in [0.25, 0.3) is 0 Å². The van der Waals surface area contributed by atoms with Crippen LogP contribution in [-0.4, -0.2) is 15.0 Å². The Morgan fingerprint density at radius 3 is 3.00 bits per heavy atom. The zero-order chi connectivity index (χ0) is 12.5. The van der Waals surface area contributed by atoms with Crippen molar-refractivity contribution >= 4 is 0 Å². The Bertz CT molecular complexity index is 580. The Morgan fingerprint density at radius 2 is 2.17 bits per heavy atom. The largest absolute Gasteiger partial charge is 0.324 e. The van der Waals surface area contributed by atoms with Crippen LogP contribution in [0.5, 0.6) is 0 Å². The fraction of sp³-hybridized carbons (Fsp3) is 0.357. The van der Waals surface area contributed by atoms with E-state index in [4.69, 9.17) is 5.73 Å². The second-order valence-corrected chi connectivity index (χ2v) is 4.76. The van der Waals surface area contributed by atoms with E-state index in [1.54, 1.807) is 0 Å². The van der Waals surface area contributed by atoms with Gasteiger partial charge < -0.3 is 5.73 Å². The van der Waals surface area contributed by atoms with Crippen LogP contribution in [0.4, 0.5) is 0 Å². The molecule has 1 atom stereocenters. The van der Waals surface area contributed by atoms with Crippen LogP contribution in [0.1, 0.15) is 35.8 Å². The molecule has 1 aliphatic carbocycles. The van der Waals surface area contributed by atoms with Crippen molar-refractivity contribution in [2.45, 2.75) is 32.2 Å². The van der Waals surface area contributed by atoms with Crippen molar-refractivity contribution in [3.63, 3.8) is 0 Å². The molecule has 0 spiro atoms. The topological polar surface area (TPSA) is 64.7 Å². The van der Waals surface area contributed by atoms with E-state index < -0.39 is 0 Å². The van der Waals surface area contributed by atoms with Crippen molar-refractivity contribution in [1.29, 1.82) is 0 Å². The standard InChI is InChI=1S/C14H16N4/c1-9-4-2-7-13(17-9)14-16-8-10-11(15)5-3-6-12(10)18-14/h2,4,7-8,11H,3,5-6,15H2,1H3. The van der Waals surface area contributed by atoms with Gasteiger partial charge in [0.1, 0.15) is 5.69 Å². The van der Waals surface area contributed by atoms with Gasteiger partial charge in [-0.2, -0.15) is 0 Å². The maximum atomic E-state index is 6.06. The molecule has 1 unspecified atom stereocenters. The zero-order valence-electron chi connectivity index (χ0n) is 10.4. The number of rotatable bonds is 1. The van der Waals surface area contributed by atoms with Gasteiger partial charge in [-0.15, -0.1) is 0 Å². The van der Waals surface area contributed by atoms with Gasteiger partial charge >= 0.3 is 0 Å². The molecule has 0 aliphatic heterocycles. The average molecular weight is 240 g/mol. The van der Waals surface area contributed by atoms with Gasteiger partial charge in [-0.3, -0.25) is 0 Å². The number of hydrogen-bond donors (Lipinski definition) is 1. The molecule has 2 heterocycles. The number of nitrogens with two attached hydrogens (primary N) is 1. The molecule has 4 heteroatoms. The van der Waals surface area contributed by atoms with Crippen LogP contribution in [0.15, 0.2) is 24.4 Å². The van der Waals surface area contributed by atoms with Crippen LogP contribution in [-0.2, 0) is 6.42 Å². The zero-order valence-corrected chi connectivity index (χ0v) is 10.4. The lowest BCUT2D eigenvalue weighted by molar-refractivity contribution is 0.557. The number of fused-ring (bicyclic) bond motifs is 1. The SMILES string of the molecule is Cc1cccc(-c2ncc3c(n2)CCCC3N)n1. The van der Waals surface area contributed by atoms with Crippen molar-refractivity contribution in [3.8, 4) is 11.5 Å². The quantitative estimate of drug-likeness (QED) is 0.829. The third-order valence-electron chi connectivity index (χ3n) is 3.35. The fourth-order valence-electron chi connectivity index (χ4n) is 2.37. The summed E-state index contributed by atoms with van der Waals surface area (Å²) in [5.74, 6) is 0.701. The highest BCUT2D eigenvalue weighted by molar-refractivity contribution is 5.50. The van der Waals surface area contributed by atoms with Crippen LogP contribution >= 0.6 is 0 Å². The first kappa shape index (κ1) is 11.3. The van der Waals surface area contributed by atoms with Gasteiger partial charge in [0, 0.05) is 29.2 Å². The van der Waals surface area contributed by atoms with Crippen LogP contribution in [0.25, 0.3) is 11.5 Å². The predicted molar refractivity (Wildman–Crippen MR) is 69.9 cm³/mol. The molecule has 2 aromatic rings. The van der Waals surface area contributed by atoms with Gasteiger partial charge in [-0.1, -0.05) is 6.07 Å². The maximum Gasteiger partial charge on any atom is 0.178 e. The molecule has 2 N–H and O–H groups in total. The molecule has 1 aliphatic rings. The molecule has 0 radical (unpaired) electrons. The molecule has 18 heavy (non-hydrogen) atoms. The first-order valence-corrected chi connectivity index (χ1v) is 6.29. The molecule has 0 saturated heterocycles. The molecule has 3 rings (SSSR count). The van der Waals surface area contributed by atoms with Crippen molar-refractivity contribution in [2.24, 2.45) is 5.73 Å². The summed E-state index contributed by atoms with van der Waals surface area (Å²) in [5.41, 5.74) is 10.1. The summed E-state index contributed by atoms with van der Waals surface area (Å²) in [6.45, 7) is 1.97. The van der Waals surface area contributed by atoms with Gasteiger partial charge in [0.15, 0.2) is 5.82 Å². The number of pyridine rings is 1. The molecule has 0 amide bonds. The van der Waals surface area contributed by atoms with E-state index in [1.807, 2.05) is 31.3 Å². The van der Waals surface area contributed by atoms with Crippen molar-refractivity contribution < 1.29 is 0 Å². The highest BCUT2D eigenvalue weighted by atomic mass is 14.9. The summed E-state index contributed by atoms with van der Waals surface area (Å²) in [6, 6.07) is 5.98. The third-order valence-corrected chi connectivity index (χ3v) is 3.35. The summed E-state index contributed by atoms with van der Waals surface area (Å²) in [4.78, 5) is 13.5. The second kappa shape index (κ2) is 4.46. The van der Waals surface area contributed by atoms with E-state index >= 15 is 0 Å². The Morgan fingerprint density at radius 1 is 1.28 bits per heavy atom. The lowest BCUT2D eigenvalue weighted by Crippen LogP contribution is -2.19. The summed E-state index contributed by atoms with van der Waals surface area (Å²) in [6.07, 6.45) is 4.99. The van der Waals surface area contributed by atoms with Crippen molar-refractivity contribution in [2.75, 3.05) is 0 Å². The highest BCUT2D eigenvalue weighted by Crippen LogP contribution is 2.27. The summed E-state index contributed by atoms with van der Waals surface area (Å²) < 4.78 is 0. The molecule has 0 fully saturated rings. The smallest absolute Gasteiger partial charge is 0.178 e. The van der Waals surface area contributed by atoms with E-state index in [0.29, 0.717) is 5.82 Å². The molecular formula is C14H16N4. The van der Waals surface area contributed by atoms with E-state index in [2.05, 4.69) is 15.0 Å². The summed E-state index contributed by atoms with van der Waals surface area (Å²) >= 11 is 0. The van der Waals surface area contributed by atoms with E-state index in [-0.39, 0.29) is 6.04 Å². The van der Waals surface area contributed by atoms with E-state index in [9.17, 15) is 0 Å². The number of hydrogen-bond acceptors (Lipinski definition) is 4. The van der Waals surface area contributed by atoms with Crippen LogP contribution in [0.2, 0.25) is 0 Å². The van der Waals surface area contributed by atoms with Gasteiger partial charge in [-0.25, -0.2) is 15.0 Å². The lowest BCUT2D eigenvalue weighted by Gasteiger charge is -2.20. The number of aromatic nitrogens is 3. The minimum absolute atomic E-state index is 0.0910. The van der Waals surface area contributed by atoms with E-state index in [1.165, 1.54) is 0 Å². The molecule has 2 aromatic heterocycles. The van der Waals surface area contributed by atoms with Crippen molar-refractivity contribution in [1.82, 2.24) is 15.0 Å². The molecule has 0 saturated carbocycles. The Hall–Kier alpha value is -1.81. The Balaban J connectivity index is 2.04. The van der Waals surface area contributed by atoms with Gasteiger partial charge in [-0.05, 0) is 38.3 Å². The normalized spacial score (nSPS) is 18.4. The average Bonchev–Trinajstić information content (AvgIpc) is 2.39. The van der Waals surface area contributed by atoms with Crippen LogP contribution in [0.3, 0.4) is 0 Å². The Kier molecular flexibility index (Phi) is 2.80. The number of nitrogens with zero attached hydrogens (tertiary/aromatic N) is 3. The number of aryl methyl sites for hydroxylation is 2. The molecule has 92 valence electrons. The summed E-state index contributed by atoms with van der Waals surface area (Å²) in [7, 11) is 0. The molecule has 4 nitrogen and oxygen atoms in total. The highest BCUT2D eigenvalue weighted by Gasteiger charge is 2.19. The van der Waals surface area contributed by atoms with Crippen molar-refractivity contribution in [3.05, 3.63) is 41.3 Å². The Labute approximate surface area is 106 Å². The first-order valence-electron chi connectivity index (χ1n) is 6.29. The minimum atomic E-state index is 0.0910. The second-order valence-electron chi connectivity index (χ2n) is 4.76. The molecule has 0 bridgehead atoms. The predicted octanol–water partition coefficient (Wildman–Crippen LogP) is 2.18. The monoisotopic (exact) mass is 240 g/mol. The molecule has 0 aromatic carbocycles. The maximum absolute atomic E-state index is 6.06. The first-order chi connectivity index (χ1) is 8.74. The van der Waals surface area contributed by atoms with E-state index in [0.717, 1.165) is 41.9 Å². The summed E-state index contributed by atoms with van der Waals surface area (Å²) in [5, 5.41) is 0. The minimum Gasteiger partial charge on any atom is -0.324 e. The van der Waals surface area contributed by atoms with Gasteiger partial charge in [0.05, 0.1) is 0 Å².